The monoisotopic (exact) mass is 221 g/mol. The number of anilines is 1. The molecule has 1 saturated heterocycles. The Labute approximate surface area is 96.2 Å². The van der Waals surface area contributed by atoms with E-state index >= 15 is 0 Å². The van der Waals surface area contributed by atoms with Crippen molar-refractivity contribution in [1.82, 2.24) is 9.97 Å². The highest BCUT2D eigenvalue weighted by atomic mass is 16.5. The molecule has 0 amide bonds. The van der Waals surface area contributed by atoms with Gasteiger partial charge in [0.05, 0.1) is 12.3 Å². The Kier molecular flexibility index (Phi) is 2.84. The molecule has 1 aromatic rings. The molecule has 0 spiro atoms. The summed E-state index contributed by atoms with van der Waals surface area (Å²) in [6, 6.07) is 1.86. The molecule has 88 valence electrons. The molecule has 1 fully saturated rings. The maximum absolute atomic E-state index is 5.83. The van der Waals surface area contributed by atoms with Crippen molar-refractivity contribution >= 4 is 5.82 Å². The standard InChI is InChI=1S/C12H19N3O/c1-12(2,3)9-6-10(13)15-11(14-9)8-4-5-16-7-8/h6,8H,4-5,7H2,1-3H3,(H2,13,14,15). The van der Waals surface area contributed by atoms with E-state index in [4.69, 9.17) is 10.5 Å². The van der Waals surface area contributed by atoms with Crippen LogP contribution in [0.5, 0.6) is 0 Å². The Bertz CT molecular complexity index is 378. The van der Waals surface area contributed by atoms with Gasteiger partial charge in [0.2, 0.25) is 0 Å². The van der Waals surface area contributed by atoms with E-state index in [-0.39, 0.29) is 5.41 Å². The van der Waals surface area contributed by atoms with Gasteiger partial charge in [-0.2, -0.15) is 0 Å². The molecule has 1 atom stereocenters. The van der Waals surface area contributed by atoms with Crippen LogP contribution in [0.25, 0.3) is 0 Å². The van der Waals surface area contributed by atoms with Crippen molar-refractivity contribution in [3.05, 3.63) is 17.6 Å². The van der Waals surface area contributed by atoms with Crippen molar-refractivity contribution in [1.29, 1.82) is 0 Å². The lowest BCUT2D eigenvalue weighted by Gasteiger charge is -2.19. The Hall–Kier alpha value is -1.16. The molecule has 2 N–H and O–H groups in total. The SMILES string of the molecule is CC(C)(C)c1cc(N)nc(C2CCOC2)n1. The van der Waals surface area contributed by atoms with Gasteiger partial charge in [-0.1, -0.05) is 20.8 Å². The second-order valence-electron chi connectivity index (χ2n) is 5.35. The molecule has 1 unspecified atom stereocenters. The molecule has 4 heteroatoms. The van der Waals surface area contributed by atoms with Gasteiger partial charge < -0.3 is 10.5 Å². The van der Waals surface area contributed by atoms with Crippen LogP contribution in [0.3, 0.4) is 0 Å². The summed E-state index contributed by atoms with van der Waals surface area (Å²) in [5.41, 5.74) is 6.84. The van der Waals surface area contributed by atoms with Crippen LogP contribution in [0.2, 0.25) is 0 Å². The summed E-state index contributed by atoms with van der Waals surface area (Å²) >= 11 is 0. The van der Waals surface area contributed by atoms with E-state index in [0.29, 0.717) is 18.3 Å². The van der Waals surface area contributed by atoms with Gasteiger partial charge in [-0.05, 0) is 6.42 Å². The zero-order valence-corrected chi connectivity index (χ0v) is 10.2. The summed E-state index contributed by atoms with van der Waals surface area (Å²) in [7, 11) is 0. The largest absolute Gasteiger partial charge is 0.384 e. The molecule has 2 heterocycles. The Morgan fingerprint density at radius 2 is 2.12 bits per heavy atom. The van der Waals surface area contributed by atoms with Crippen molar-refractivity contribution in [2.24, 2.45) is 0 Å². The number of nitrogens with two attached hydrogens (primary N) is 1. The minimum absolute atomic E-state index is 0.00523. The van der Waals surface area contributed by atoms with Gasteiger partial charge in [-0.3, -0.25) is 0 Å². The molecule has 16 heavy (non-hydrogen) atoms. The van der Waals surface area contributed by atoms with Gasteiger partial charge in [-0.25, -0.2) is 9.97 Å². The summed E-state index contributed by atoms with van der Waals surface area (Å²) in [6.07, 6.45) is 0.993. The number of hydrogen-bond acceptors (Lipinski definition) is 4. The molecule has 0 aliphatic carbocycles. The maximum atomic E-state index is 5.83. The van der Waals surface area contributed by atoms with Gasteiger partial charge in [-0.15, -0.1) is 0 Å². The third kappa shape index (κ3) is 2.32. The molecule has 2 rings (SSSR count). The van der Waals surface area contributed by atoms with Gasteiger partial charge >= 0.3 is 0 Å². The van der Waals surface area contributed by atoms with Gasteiger partial charge in [0.25, 0.3) is 0 Å². The first-order valence-corrected chi connectivity index (χ1v) is 5.69. The molecule has 0 saturated carbocycles. The summed E-state index contributed by atoms with van der Waals surface area (Å²) in [5.74, 6) is 1.70. The number of nitrogens with zero attached hydrogens (tertiary/aromatic N) is 2. The lowest BCUT2D eigenvalue weighted by molar-refractivity contribution is 0.193. The molecule has 1 aliphatic rings. The van der Waals surface area contributed by atoms with Gasteiger partial charge in [0.1, 0.15) is 11.6 Å². The first kappa shape index (κ1) is 11.3. The second kappa shape index (κ2) is 4.01. The van der Waals surface area contributed by atoms with E-state index < -0.39 is 0 Å². The van der Waals surface area contributed by atoms with Crippen LogP contribution >= 0.6 is 0 Å². The average molecular weight is 221 g/mol. The predicted octanol–water partition coefficient (Wildman–Crippen LogP) is 1.86. The minimum atomic E-state index is 0.00523. The van der Waals surface area contributed by atoms with E-state index in [0.717, 1.165) is 24.5 Å². The average Bonchev–Trinajstić information content (AvgIpc) is 2.68. The third-order valence-electron chi connectivity index (χ3n) is 2.83. The second-order valence-corrected chi connectivity index (χ2v) is 5.35. The summed E-state index contributed by atoms with van der Waals surface area (Å²) in [6.45, 7) is 7.90. The van der Waals surface area contributed by atoms with Crippen LogP contribution < -0.4 is 5.73 Å². The minimum Gasteiger partial charge on any atom is -0.384 e. The molecule has 4 nitrogen and oxygen atoms in total. The summed E-state index contributed by atoms with van der Waals surface area (Å²) in [5, 5.41) is 0. The molecule has 0 bridgehead atoms. The molecule has 0 radical (unpaired) electrons. The fourth-order valence-corrected chi connectivity index (χ4v) is 1.79. The number of hydrogen-bond donors (Lipinski definition) is 1. The molecule has 1 aliphatic heterocycles. The Balaban J connectivity index is 2.35. The van der Waals surface area contributed by atoms with Gasteiger partial charge in [0.15, 0.2) is 0 Å². The number of aromatic nitrogens is 2. The van der Waals surface area contributed by atoms with Crippen LogP contribution in [-0.4, -0.2) is 23.2 Å². The Morgan fingerprint density at radius 3 is 2.69 bits per heavy atom. The van der Waals surface area contributed by atoms with Crippen molar-refractivity contribution < 1.29 is 4.74 Å². The van der Waals surface area contributed by atoms with Crippen LogP contribution in [0.15, 0.2) is 6.07 Å². The van der Waals surface area contributed by atoms with E-state index in [2.05, 4.69) is 30.7 Å². The molecule has 1 aromatic heterocycles. The summed E-state index contributed by atoms with van der Waals surface area (Å²) in [4.78, 5) is 8.93. The quantitative estimate of drug-likeness (QED) is 0.786. The van der Waals surface area contributed by atoms with Crippen LogP contribution in [0, 0.1) is 0 Å². The van der Waals surface area contributed by atoms with E-state index in [9.17, 15) is 0 Å². The number of ether oxygens (including phenoxy) is 1. The lowest BCUT2D eigenvalue weighted by atomic mass is 9.91. The molecule has 0 aromatic carbocycles. The van der Waals surface area contributed by atoms with Crippen molar-refractivity contribution in [3.63, 3.8) is 0 Å². The van der Waals surface area contributed by atoms with Gasteiger partial charge in [0, 0.05) is 24.0 Å². The first-order chi connectivity index (χ1) is 7.47. The van der Waals surface area contributed by atoms with Crippen LogP contribution in [0.1, 0.15) is 44.6 Å². The molecular weight excluding hydrogens is 202 g/mol. The lowest BCUT2D eigenvalue weighted by Crippen LogP contribution is -2.17. The highest BCUT2D eigenvalue weighted by molar-refractivity contribution is 5.33. The zero-order chi connectivity index (χ0) is 11.8. The number of rotatable bonds is 1. The van der Waals surface area contributed by atoms with Crippen LogP contribution in [-0.2, 0) is 10.2 Å². The fourth-order valence-electron chi connectivity index (χ4n) is 1.79. The van der Waals surface area contributed by atoms with E-state index in [1.807, 2.05) is 6.07 Å². The fraction of sp³-hybridized carbons (Fsp3) is 0.667. The topological polar surface area (TPSA) is 61.0 Å². The molecular formula is C12H19N3O. The smallest absolute Gasteiger partial charge is 0.136 e. The Morgan fingerprint density at radius 1 is 1.38 bits per heavy atom. The zero-order valence-electron chi connectivity index (χ0n) is 10.2. The van der Waals surface area contributed by atoms with E-state index in [1.165, 1.54) is 0 Å². The van der Waals surface area contributed by atoms with Crippen molar-refractivity contribution in [2.45, 2.75) is 38.5 Å². The maximum Gasteiger partial charge on any atom is 0.136 e. The highest BCUT2D eigenvalue weighted by Gasteiger charge is 2.24. The highest BCUT2D eigenvalue weighted by Crippen LogP contribution is 2.26. The first-order valence-electron chi connectivity index (χ1n) is 5.69. The van der Waals surface area contributed by atoms with Crippen LogP contribution in [0.4, 0.5) is 5.82 Å². The van der Waals surface area contributed by atoms with Crippen molar-refractivity contribution in [2.75, 3.05) is 18.9 Å². The number of nitrogen functional groups attached to an aromatic ring is 1. The summed E-state index contributed by atoms with van der Waals surface area (Å²) < 4.78 is 5.36. The van der Waals surface area contributed by atoms with Crippen molar-refractivity contribution in [3.8, 4) is 0 Å². The third-order valence-corrected chi connectivity index (χ3v) is 2.83. The van der Waals surface area contributed by atoms with E-state index in [1.54, 1.807) is 0 Å². The normalized spacial score (nSPS) is 21.3. The predicted molar refractivity (Wildman–Crippen MR) is 63.3 cm³/mol.